The van der Waals surface area contributed by atoms with Crippen molar-refractivity contribution in [3.05, 3.63) is 71.9 Å². The minimum atomic E-state index is -4.54. The summed E-state index contributed by atoms with van der Waals surface area (Å²) in [6, 6.07) is 15.2. The topological polar surface area (TPSA) is 42.4 Å². The molecule has 0 saturated carbocycles. The van der Waals surface area contributed by atoms with E-state index in [1.165, 1.54) is 12.3 Å². The largest absolute Gasteiger partial charge is 0.470 e. The number of carbonyl (C=O) groups is 1. The summed E-state index contributed by atoms with van der Waals surface area (Å²) >= 11 is 0. The van der Waals surface area contributed by atoms with Crippen LogP contribution < -0.4 is 4.74 Å². The van der Waals surface area contributed by atoms with E-state index in [0.29, 0.717) is 5.56 Å². The van der Waals surface area contributed by atoms with Crippen LogP contribution in [0.5, 0.6) is 5.88 Å². The van der Waals surface area contributed by atoms with Crippen LogP contribution in [0.1, 0.15) is 15.9 Å². The van der Waals surface area contributed by atoms with Gasteiger partial charge in [0, 0.05) is 11.8 Å². The van der Waals surface area contributed by atoms with Crippen LogP contribution >= 0.6 is 0 Å². The molecule has 0 bridgehead atoms. The van der Waals surface area contributed by atoms with E-state index in [1.54, 1.807) is 11.0 Å². The maximum atomic E-state index is 13.0. The Morgan fingerprint density at radius 3 is 2.56 bits per heavy atom. The number of alkyl halides is 3. The molecule has 2 aromatic carbocycles. The molecule has 0 aliphatic carbocycles. The Hall–Kier alpha value is -3.09. The van der Waals surface area contributed by atoms with Gasteiger partial charge in [-0.15, -0.1) is 0 Å². The van der Waals surface area contributed by atoms with Crippen LogP contribution in [0.4, 0.5) is 13.2 Å². The third-order valence-electron chi connectivity index (χ3n) is 4.51. The van der Waals surface area contributed by atoms with Gasteiger partial charge in [0.25, 0.3) is 5.91 Å². The van der Waals surface area contributed by atoms with Gasteiger partial charge in [-0.1, -0.05) is 36.4 Å². The van der Waals surface area contributed by atoms with Crippen LogP contribution in [-0.4, -0.2) is 35.0 Å². The van der Waals surface area contributed by atoms with Gasteiger partial charge in [-0.25, -0.2) is 4.98 Å². The van der Waals surface area contributed by atoms with Gasteiger partial charge in [0.2, 0.25) is 5.88 Å². The first-order chi connectivity index (χ1) is 12.9. The molecule has 0 atom stereocenters. The van der Waals surface area contributed by atoms with E-state index in [-0.39, 0.29) is 19.0 Å². The van der Waals surface area contributed by atoms with E-state index in [0.717, 1.165) is 16.8 Å². The molecule has 0 radical (unpaired) electrons. The maximum absolute atomic E-state index is 13.0. The number of likely N-dealkylation sites (tertiary alicyclic amines) is 1. The number of aromatic nitrogens is 1. The zero-order chi connectivity index (χ0) is 19.0. The Bertz CT molecular complexity index is 992. The van der Waals surface area contributed by atoms with Crippen LogP contribution in [0.3, 0.4) is 0 Å². The van der Waals surface area contributed by atoms with E-state index < -0.39 is 23.7 Å². The molecule has 1 aliphatic rings. The molecule has 7 heteroatoms. The Morgan fingerprint density at radius 1 is 1.04 bits per heavy atom. The first kappa shape index (κ1) is 17.3. The quantitative estimate of drug-likeness (QED) is 0.693. The Labute approximate surface area is 153 Å². The van der Waals surface area contributed by atoms with Crippen LogP contribution in [-0.2, 0) is 6.18 Å². The summed E-state index contributed by atoms with van der Waals surface area (Å²) in [5, 5.41) is 1.80. The Kier molecular flexibility index (Phi) is 4.22. The molecular weight excluding hydrogens is 357 g/mol. The Balaban J connectivity index is 1.47. The molecule has 0 spiro atoms. The first-order valence-corrected chi connectivity index (χ1v) is 8.39. The van der Waals surface area contributed by atoms with Gasteiger partial charge in [0.1, 0.15) is 11.7 Å². The maximum Gasteiger partial charge on any atom is 0.421 e. The molecule has 0 unspecified atom stereocenters. The number of amides is 1. The van der Waals surface area contributed by atoms with Gasteiger partial charge >= 0.3 is 6.18 Å². The van der Waals surface area contributed by atoms with Crippen LogP contribution in [0.2, 0.25) is 0 Å². The van der Waals surface area contributed by atoms with Crippen molar-refractivity contribution in [2.24, 2.45) is 0 Å². The number of fused-ring (bicyclic) bond motifs is 1. The number of rotatable bonds is 3. The number of halogens is 3. The highest BCUT2D eigenvalue weighted by Crippen LogP contribution is 2.35. The third kappa shape index (κ3) is 3.32. The molecule has 2 heterocycles. The van der Waals surface area contributed by atoms with Crippen molar-refractivity contribution in [2.45, 2.75) is 12.3 Å². The van der Waals surface area contributed by atoms with E-state index >= 15 is 0 Å². The molecule has 4 rings (SSSR count). The number of nitrogens with zero attached hydrogens (tertiary/aromatic N) is 2. The summed E-state index contributed by atoms with van der Waals surface area (Å²) in [6.45, 7) is 0.436. The Morgan fingerprint density at radius 2 is 1.78 bits per heavy atom. The average Bonchev–Trinajstić information content (AvgIpc) is 2.63. The van der Waals surface area contributed by atoms with Crippen LogP contribution in [0, 0.1) is 0 Å². The number of hydrogen-bond acceptors (Lipinski definition) is 3. The van der Waals surface area contributed by atoms with E-state index in [1.807, 2.05) is 36.4 Å². The van der Waals surface area contributed by atoms with Gasteiger partial charge in [-0.2, -0.15) is 13.2 Å². The standard InChI is InChI=1S/C20H15F3N2O2/c21-20(22,23)17-9-4-10-24-18(17)27-14-11-25(12-14)19(26)16-8-3-6-13-5-1-2-7-15(13)16/h1-10,14H,11-12H2. The van der Waals surface area contributed by atoms with Gasteiger partial charge < -0.3 is 9.64 Å². The molecular formula is C20H15F3N2O2. The minimum absolute atomic E-state index is 0.163. The summed E-state index contributed by atoms with van der Waals surface area (Å²) in [5.74, 6) is -0.615. The van der Waals surface area contributed by atoms with E-state index in [2.05, 4.69) is 4.98 Å². The predicted molar refractivity (Wildman–Crippen MR) is 93.5 cm³/mol. The van der Waals surface area contributed by atoms with Gasteiger partial charge in [0.15, 0.2) is 0 Å². The molecule has 4 nitrogen and oxygen atoms in total. The summed E-state index contributed by atoms with van der Waals surface area (Å²) in [7, 11) is 0. The van der Waals surface area contributed by atoms with Gasteiger partial charge in [-0.05, 0) is 29.0 Å². The summed E-state index contributed by atoms with van der Waals surface area (Å²) in [6.07, 6.45) is -3.80. The number of pyridine rings is 1. The monoisotopic (exact) mass is 372 g/mol. The zero-order valence-corrected chi connectivity index (χ0v) is 14.1. The molecule has 3 aromatic rings. The van der Waals surface area contributed by atoms with E-state index in [9.17, 15) is 18.0 Å². The summed E-state index contributed by atoms with van der Waals surface area (Å²) in [4.78, 5) is 18.0. The molecule has 27 heavy (non-hydrogen) atoms. The molecule has 1 saturated heterocycles. The lowest BCUT2D eigenvalue weighted by Gasteiger charge is -2.39. The van der Waals surface area contributed by atoms with Crippen molar-refractivity contribution in [3.63, 3.8) is 0 Å². The van der Waals surface area contributed by atoms with Crippen molar-refractivity contribution in [1.29, 1.82) is 0 Å². The van der Waals surface area contributed by atoms with E-state index in [4.69, 9.17) is 4.74 Å². The normalized spacial score (nSPS) is 14.9. The lowest BCUT2D eigenvalue weighted by Crippen LogP contribution is -2.56. The lowest BCUT2D eigenvalue weighted by atomic mass is 10.0. The fourth-order valence-corrected chi connectivity index (χ4v) is 3.12. The summed E-state index contributed by atoms with van der Waals surface area (Å²) < 4.78 is 44.4. The van der Waals surface area contributed by atoms with Gasteiger partial charge in [0.05, 0.1) is 13.1 Å². The van der Waals surface area contributed by atoms with Gasteiger partial charge in [-0.3, -0.25) is 4.79 Å². The second-order valence-corrected chi connectivity index (χ2v) is 6.33. The SMILES string of the molecule is O=C(c1cccc2ccccc12)N1CC(Oc2ncccc2C(F)(F)F)C1. The van der Waals surface area contributed by atoms with Crippen molar-refractivity contribution in [2.75, 3.05) is 13.1 Å². The predicted octanol–water partition coefficient (Wildman–Crippen LogP) is 4.16. The zero-order valence-electron chi connectivity index (χ0n) is 14.1. The number of benzene rings is 2. The highest BCUT2D eigenvalue weighted by molar-refractivity contribution is 6.07. The third-order valence-corrected chi connectivity index (χ3v) is 4.51. The summed E-state index contributed by atoms with van der Waals surface area (Å²) in [5.41, 5.74) is -0.343. The average molecular weight is 372 g/mol. The highest BCUT2D eigenvalue weighted by Gasteiger charge is 2.38. The molecule has 1 fully saturated rings. The molecule has 1 aromatic heterocycles. The molecule has 0 N–H and O–H groups in total. The van der Waals surface area contributed by atoms with Crippen molar-refractivity contribution < 1.29 is 22.7 Å². The second kappa shape index (κ2) is 6.57. The van der Waals surface area contributed by atoms with Crippen molar-refractivity contribution >= 4 is 16.7 Å². The minimum Gasteiger partial charge on any atom is -0.470 e. The fraction of sp³-hybridized carbons (Fsp3) is 0.200. The smallest absolute Gasteiger partial charge is 0.421 e. The van der Waals surface area contributed by atoms with Crippen molar-refractivity contribution in [1.82, 2.24) is 9.88 Å². The molecule has 138 valence electrons. The molecule has 1 amide bonds. The number of carbonyl (C=O) groups excluding carboxylic acids is 1. The fourth-order valence-electron chi connectivity index (χ4n) is 3.12. The lowest BCUT2D eigenvalue weighted by molar-refractivity contribution is -0.140. The molecule has 1 aliphatic heterocycles. The second-order valence-electron chi connectivity index (χ2n) is 6.33. The number of ether oxygens (including phenoxy) is 1. The highest BCUT2D eigenvalue weighted by atomic mass is 19.4. The van der Waals surface area contributed by atoms with Crippen LogP contribution in [0.15, 0.2) is 60.8 Å². The first-order valence-electron chi connectivity index (χ1n) is 8.39. The van der Waals surface area contributed by atoms with Crippen LogP contribution in [0.25, 0.3) is 10.8 Å². The van der Waals surface area contributed by atoms with Crippen molar-refractivity contribution in [3.8, 4) is 5.88 Å². The number of hydrogen-bond donors (Lipinski definition) is 0.